The molecule has 0 fully saturated rings. The predicted octanol–water partition coefficient (Wildman–Crippen LogP) is 5.65. The fourth-order valence-corrected chi connectivity index (χ4v) is 4.88. The van der Waals surface area contributed by atoms with Crippen LogP contribution in [0.2, 0.25) is 5.02 Å². The van der Waals surface area contributed by atoms with Gasteiger partial charge in [0.2, 0.25) is 5.95 Å². The maximum atomic E-state index is 13.9. The molecule has 0 radical (unpaired) electrons. The SMILES string of the molecule is COc1ccc(OC)c([C@@H]2Oc3ccc(Cl)cc3C3=C2[C@@H](c2ccc(F)cc2)n2ncnc2N3)c1. The van der Waals surface area contributed by atoms with Crippen LogP contribution in [0.1, 0.15) is 28.8 Å². The number of ether oxygens (including phenoxy) is 3. The third-order valence-corrected chi connectivity index (χ3v) is 6.52. The molecule has 0 saturated heterocycles. The average Bonchev–Trinajstić information content (AvgIpc) is 3.36. The molecule has 0 amide bonds. The van der Waals surface area contributed by atoms with E-state index < -0.39 is 12.1 Å². The Balaban J connectivity index is 1.65. The zero-order chi connectivity index (χ0) is 24.1. The van der Waals surface area contributed by atoms with Crippen molar-refractivity contribution in [3.05, 3.63) is 100 Å². The lowest BCUT2D eigenvalue weighted by molar-refractivity contribution is 0.217. The van der Waals surface area contributed by atoms with Gasteiger partial charge in [-0.2, -0.15) is 10.1 Å². The molecule has 2 atom stereocenters. The molecule has 3 heterocycles. The molecule has 2 aliphatic heterocycles. The van der Waals surface area contributed by atoms with Crippen molar-refractivity contribution in [2.24, 2.45) is 0 Å². The van der Waals surface area contributed by atoms with Gasteiger partial charge in [-0.1, -0.05) is 23.7 Å². The predicted molar refractivity (Wildman–Crippen MR) is 129 cm³/mol. The van der Waals surface area contributed by atoms with Gasteiger partial charge in [-0.3, -0.25) is 0 Å². The van der Waals surface area contributed by atoms with Crippen molar-refractivity contribution in [1.29, 1.82) is 0 Å². The summed E-state index contributed by atoms with van der Waals surface area (Å²) in [6, 6.07) is 17.0. The van der Waals surface area contributed by atoms with E-state index in [-0.39, 0.29) is 5.82 Å². The van der Waals surface area contributed by atoms with E-state index >= 15 is 0 Å². The third kappa shape index (κ3) is 3.49. The first-order chi connectivity index (χ1) is 17.1. The fourth-order valence-electron chi connectivity index (χ4n) is 4.71. The van der Waals surface area contributed by atoms with Gasteiger partial charge in [-0.05, 0) is 54.1 Å². The summed E-state index contributed by atoms with van der Waals surface area (Å²) in [6.45, 7) is 0. The number of benzene rings is 3. The summed E-state index contributed by atoms with van der Waals surface area (Å²) in [5.41, 5.74) is 4.06. The smallest absolute Gasteiger partial charge is 0.226 e. The number of anilines is 1. The molecule has 4 aromatic rings. The lowest BCUT2D eigenvalue weighted by Gasteiger charge is -2.39. The van der Waals surface area contributed by atoms with Crippen molar-refractivity contribution in [1.82, 2.24) is 14.8 Å². The van der Waals surface area contributed by atoms with Crippen LogP contribution in [-0.4, -0.2) is 29.0 Å². The van der Waals surface area contributed by atoms with Gasteiger partial charge in [-0.15, -0.1) is 0 Å². The lowest BCUT2D eigenvalue weighted by atomic mass is 9.84. The monoisotopic (exact) mass is 490 g/mol. The molecule has 0 unspecified atom stereocenters. The number of hydrogen-bond donors (Lipinski definition) is 1. The number of rotatable bonds is 4. The minimum absolute atomic E-state index is 0.321. The molecule has 9 heteroatoms. The topological polar surface area (TPSA) is 70.4 Å². The van der Waals surface area contributed by atoms with Gasteiger partial charge in [0.1, 0.15) is 35.4 Å². The maximum absolute atomic E-state index is 13.9. The Morgan fingerprint density at radius 1 is 1.03 bits per heavy atom. The van der Waals surface area contributed by atoms with Crippen LogP contribution in [0.5, 0.6) is 17.2 Å². The Labute approximate surface area is 205 Å². The first-order valence-corrected chi connectivity index (χ1v) is 11.3. The summed E-state index contributed by atoms with van der Waals surface area (Å²) < 4.78 is 33.5. The Bertz CT molecular complexity index is 1470. The first kappa shape index (κ1) is 21.5. The Morgan fingerprint density at radius 3 is 2.63 bits per heavy atom. The van der Waals surface area contributed by atoms with Crippen LogP contribution < -0.4 is 19.5 Å². The van der Waals surface area contributed by atoms with Crippen LogP contribution >= 0.6 is 11.6 Å². The van der Waals surface area contributed by atoms with Crippen molar-refractivity contribution in [3.8, 4) is 17.2 Å². The lowest BCUT2D eigenvalue weighted by Crippen LogP contribution is -2.32. The molecule has 7 nitrogen and oxygen atoms in total. The number of halogens is 2. The number of fused-ring (bicyclic) bond motifs is 3. The van der Waals surface area contributed by atoms with Gasteiger partial charge < -0.3 is 19.5 Å². The molecule has 0 bridgehead atoms. The number of nitrogens with zero attached hydrogens (tertiary/aromatic N) is 3. The van der Waals surface area contributed by atoms with E-state index in [2.05, 4.69) is 15.4 Å². The van der Waals surface area contributed by atoms with Crippen LogP contribution in [0.4, 0.5) is 10.3 Å². The highest BCUT2D eigenvalue weighted by molar-refractivity contribution is 6.30. The molecular formula is C26H20ClFN4O3. The summed E-state index contributed by atoms with van der Waals surface area (Å²) in [6.07, 6.45) is 0.904. The standard InChI is InChI=1S/C26H20ClFN4O3/c1-33-17-8-10-20(34-2)19(12-17)25-22-23(18-11-15(27)5-9-21(18)35-25)31-26-29-13-30-32(26)24(22)14-3-6-16(28)7-4-14/h3-13,24-25H,1-2H3,(H,29,30,31)/t24-,25+/m1/s1. The molecule has 2 aliphatic rings. The molecule has 1 aromatic heterocycles. The van der Waals surface area contributed by atoms with E-state index in [9.17, 15) is 4.39 Å². The normalized spacial score (nSPS) is 18.1. The van der Waals surface area contributed by atoms with Crippen molar-refractivity contribution in [3.63, 3.8) is 0 Å². The van der Waals surface area contributed by atoms with E-state index in [0.29, 0.717) is 28.2 Å². The van der Waals surface area contributed by atoms with Gasteiger partial charge in [0.15, 0.2) is 6.10 Å². The summed E-state index contributed by atoms with van der Waals surface area (Å²) in [7, 11) is 3.23. The number of aromatic nitrogens is 3. The third-order valence-electron chi connectivity index (χ3n) is 6.28. The summed E-state index contributed by atoms with van der Waals surface area (Å²) in [5.74, 6) is 2.20. The van der Waals surface area contributed by atoms with Gasteiger partial charge in [-0.25, -0.2) is 9.07 Å². The Kier molecular flexibility index (Phi) is 5.11. The summed E-state index contributed by atoms with van der Waals surface area (Å²) in [5, 5.41) is 8.48. The fraction of sp³-hybridized carbons (Fsp3) is 0.154. The number of methoxy groups -OCH3 is 2. The Hall–Kier alpha value is -4.04. The van der Waals surface area contributed by atoms with Crippen LogP contribution in [0.25, 0.3) is 5.70 Å². The molecule has 0 spiro atoms. The average molecular weight is 491 g/mol. The van der Waals surface area contributed by atoms with Crippen LogP contribution in [0, 0.1) is 5.82 Å². The second-order valence-corrected chi connectivity index (χ2v) is 8.62. The maximum Gasteiger partial charge on any atom is 0.226 e. The highest BCUT2D eigenvalue weighted by atomic mass is 35.5. The number of hydrogen-bond acceptors (Lipinski definition) is 6. The van der Waals surface area contributed by atoms with E-state index in [1.165, 1.54) is 18.5 Å². The largest absolute Gasteiger partial charge is 0.497 e. The van der Waals surface area contributed by atoms with Crippen LogP contribution in [0.15, 0.2) is 72.6 Å². The minimum Gasteiger partial charge on any atom is -0.497 e. The molecule has 35 heavy (non-hydrogen) atoms. The molecule has 6 rings (SSSR count). The van der Waals surface area contributed by atoms with Crippen molar-refractivity contribution < 1.29 is 18.6 Å². The van der Waals surface area contributed by atoms with Gasteiger partial charge in [0.05, 0.1) is 19.9 Å². The quantitative estimate of drug-likeness (QED) is 0.399. The minimum atomic E-state index is -0.580. The summed E-state index contributed by atoms with van der Waals surface area (Å²) >= 11 is 6.38. The zero-order valence-corrected chi connectivity index (χ0v) is 19.6. The molecule has 176 valence electrons. The second kappa shape index (κ2) is 8.32. The molecule has 1 N–H and O–H groups in total. The van der Waals surface area contributed by atoms with Gasteiger partial charge in [0, 0.05) is 21.7 Å². The molecule has 0 saturated carbocycles. The molecular weight excluding hydrogens is 471 g/mol. The van der Waals surface area contributed by atoms with Gasteiger partial charge in [0.25, 0.3) is 0 Å². The highest BCUT2D eigenvalue weighted by Gasteiger charge is 2.42. The van der Waals surface area contributed by atoms with Gasteiger partial charge >= 0.3 is 0 Å². The van der Waals surface area contributed by atoms with Crippen molar-refractivity contribution in [2.45, 2.75) is 12.1 Å². The van der Waals surface area contributed by atoms with E-state index in [1.54, 1.807) is 37.1 Å². The zero-order valence-electron chi connectivity index (χ0n) is 18.8. The summed E-state index contributed by atoms with van der Waals surface area (Å²) in [4.78, 5) is 4.41. The van der Waals surface area contributed by atoms with E-state index in [1.807, 2.05) is 30.3 Å². The second-order valence-electron chi connectivity index (χ2n) is 8.18. The van der Waals surface area contributed by atoms with E-state index in [0.717, 1.165) is 28.0 Å². The molecule has 3 aromatic carbocycles. The van der Waals surface area contributed by atoms with Crippen molar-refractivity contribution in [2.75, 3.05) is 19.5 Å². The van der Waals surface area contributed by atoms with E-state index in [4.69, 9.17) is 25.8 Å². The van der Waals surface area contributed by atoms with Crippen molar-refractivity contribution >= 4 is 23.2 Å². The first-order valence-electron chi connectivity index (χ1n) is 10.9. The molecule has 0 aliphatic carbocycles. The van der Waals surface area contributed by atoms with Crippen LogP contribution in [0.3, 0.4) is 0 Å². The Morgan fingerprint density at radius 2 is 1.86 bits per heavy atom. The number of nitrogens with one attached hydrogen (secondary N) is 1. The van der Waals surface area contributed by atoms with Crippen LogP contribution in [-0.2, 0) is 0 Å². The highest BCUT2D eigenvalue weighted by Crippen LogP contribution is 2.52.